The molecule has 5 aliphatic rings. The topological polar surface area (TPSA) is 147 Å². The third-order valence-electron chi connectivity index (χ3n) is 2.36. The fraction of sp³-hybridized carbons (Fsp3) is 0.833. The molecular weight excluding hydrogens is 310 g/mol. The van der Waals surface area contributed by atoms with Gasteiger partial charge in [-0.3, -0.25) is 13.8 Å². The van der Waals surface area contributed by atoms with Crippen LogP contribution in [0.4, 0.5) is 0 Å². The van der Waals surface area contributed by atoms with Crippen LogP contribution in [-0.4, -0.2) is 47.6 Å². The number of rotatable bonds is 0. The molecule has 0 aromatic heterocycles. The van der Waals surface area contributed by atoms with Gasteiger partial charge in [0.15, 0.2) is 5.78 Å². The predicted molar refractivity (Wildman–Crippen MR) is 51.2 cm³/mol. The van der Waals surface area contributed by atoms with Crippen LogP contribution in [0.25, 0.3) is 0 Å². The highest BCUT2D eigenvalue weighted by atomic mass is 31.2. The summed E-state index contributed by atoms with van der Waals surface area (Å²) in [7, 11) is -8.12. The number of aliphatic hydroxyl groups is 2. The summed E-state index contributed by atoms with van der Waals surface area (Å²) in [4.78, 5) is 11.4. The number of hydrogen-bond donors (Lipinski definition) is 2. The van der Waals surface area contributed by atoms with Crippen LogP contribution in [0.2, 0.25) is 0 Å². The van der Waals surface area contributed by atoms with Gasteiger partial charge in [0.2, 0.25) is 0 Å². The summed E-state index contributed by atoms with van der Waals surface area (Å²) < 4.78 is 50.4. The molecule has 2 N–H and O–H groups in total. The van der Waals surface area contributed by atoms with Crippen molar-refractivity contribution in [2.45, 2.75) is 18.4 Å². The second-order valence-corrected chi connectivity index (χ2v) is 6.84. The normalized spacial score (nSPS) is 54.3. The first-order valence-electron chi connectivity index (χ1n) is 4.96. The number of phosphoric acid groups is 2. The zero-order chi connectivity index (χ0) is 13.9. The quantitative estimate of drug-likeness (QED) is 0.543. The Morgan fingerprint density at radius 3 is 2.16 bits per heavy atom. The van der Waals surface area contributed by atoms with Crippen molar-refractivity contribution in [2.24, 2.45) is 0 Å². The number of aliphatic hydroxyl groups excluding tert-OH is 2. The molecule has 0 aromatic rings. The van der Waals surface area contributed by atoms with Crippen molar-refractivity contribution in [1.82, 2.24) is 0 Å². The molecule has 0 radical (unpaired) electrons. The molecular formula is C6H8O11P2. The summed E-state index contributed by atoms with van der Waals surface area (Å²) in [6, 6.07) is 0. The lowest BCUT2D eigenvalue weighted by Crippen LogP contribution is -2.54. The van der Waals surface area contributed by atoms with Gasteiger partial charge >= 0.3 is 21.8 Å². The van der Waals surface area contributed by atoms with E-state index in [1.807, 2.05) is 0 Å². The minimum absolute atomic E-state index is 0.697. The zero-order valence-corrected chi connectivity index (χ0v) is 10.8. The highest BCUT2D eigenvalue weighted by molar-refractivity contribution is 7.52. The highest BCUT2D eigenvalue weighted by Crippen LogP contribution is 2.78. The number of Topliss-reactive ketones (excluding diaryl/α,β-unsaturated/α-hetero) is 1. The van der Waals surface area contributed by atoms with E-state index in [-0.39, 0.29) is 0 Å². The van der Waals surface area contributed by atoms with Gasteiger partial charge in [-0.1, -0.05) is 0 Å². The van der Waals surface area contributed by atoms with Crippen molar-refractivity contribution >= 4 is 21.4 Å². The maximum Gasteiger partial charge on any atom is 0.487 e. The van der Waals surface area contributed by atoms with Crippen LogP contribution in [0.1, 0.15) is 0 Å². The molecule has 0 saturated carbocycles. The average molecular weight is 318 g/mol. The standard InChI is InChI=1S/C6H8O11P2/c7-3-1-12-18(10)14-6(15-18)16-19(11,17-6)13-2-4(8)5(3)9/h3,5,7,9H,1-2H2/t3-,5-,6?,18?,19?/m1/s1. The third kappa shape index (κ3) is 2.32. The number of phosphoric ester groups is 2. The molecule has 5 heterocycles. The minimum Gasteiger partial charge on any atom is -0.388 e. The lowest BCUT2D eigenvalue weighted by Gasteiger charge is -2.49. The minimum atomic E-state index is -4.08. The van der Waals surface area contributed by atoms with Crippen LogP contribution in [0.15, 0.2) is 0 Å². The van der Waals surface area contributed by atoms with E-state index in [2.05, 4.69) is 27.1 Å². The van der Waals surface area contributed by atoms with E-state index in [4.69, 9.17) is 0 Å². The number of hydrogen-bond acceptors (Lipinski definition) is 11. The largest absolute Gasteiger partial charge is 0.487 e. The molecule has 5 aliphatic heterocycles. The monoisotopic (exact) mass is 318 g/mol. The number of carbonyl (C=O) groups is 1. The Kier molecular flexibility index (Phi) is 3.01. The van der Waals surface area contributed by atoms with Gasteiger partial charge in [0.05, 0.1) is 6.61 Å². The first-order chi connectivity index (χ1) is 8.75. The van der Waals surface area contributed by atoms with Crippen LogP contribution in [-0.2, 0) is 41.1 Å². The molecule has 0 aliphatic carbocycles. The van der Waals surface area contributed by atoms with Crippen LogP contribution in [0.5, 0.6) is 0 Å². The van der Waals surface area contributed by atoms with Crippen LogP contribution >= 0.6 is 15.6 Å². The van der Waals surface area contributed by atoms with Gasteiger partial charge in [0.1, 0.15) is 18.8 Å². The maximum atomic E-state index is 11.6. The number of carbonyl (C=O) groups excluding carboxylic acids is 1. The van der Waals surface area contributed by atoms with Gasteiger partial charge in [-0.15, -0.1) is 0 Å². The Bertz CT molecular complexity index is 493. The van der Waals surface area contributed by atoms with Crippen molar-refractivity contribution in [3.05, 3.63) is 0 Å². The van der Waals surface area contributed by atoms with E-state index < -0.39 is 53.0 Å². The zero-order valence-electron chi connectivity index (χ0n) is 9.03. The Balaban J connectivity index is 1.78. The van der Waals surface area contributed by atoms with E-state index in [0.29, 0.717) is 0 Å². The summed E-state index contributed by atoms with van der Waals surface area (Å²) in [6.07, 6.45) is -5.79. The second kappa shape index (κ2) is 4.15. The van der Waals surface area contributed by atoms with Crippen LogP contribution in [0.3, 0.4) is 0 Å². The summed E-state index contributed by atoms with van der Waals surface area (Å²) in [5.74, 6) is -0.978. The van der Waals surface area contributed by atoms with E-state index in [9.17, 15) is 24.1 Å². The van der Waals surface area contributed by atoms with Crippen molar-refractivity contribution in [2.75, 3.05) is 13.2 Å². The van der Waals surface area contributed by atoms with Crippen molar-refractivity contribution in [3.8, 4) is 0 Å². The lowest BCUT2D eigenvalue weighted by molar-refractivity contribution is -0.482. The van der Waals surface area contributed by atoms with Gasteiger partial charge in [0, 0.05) is 0 Å². The van der Waals surface area contributed by atoms with E-state index in [0.717, 1.165) is 0 Å². The molecule has 0 amide bonds. The fourth-order valence-electron chi connectivity index (χ4n) is 1.43. The molecule has 13 heteroatoms. The molecule has 19 heavy (non-hydrogen) atoms. The lowest BCUT2D eigenvalue weighted by atomic mass is 10.1. The maximum absolute atomic E-state index is 11.6. The SMILES string of the molecule is O=C1COP2(=O)OC3(O2)OP(=O)(OC[C@@H](O)[C@H]1O)O3. The Morgan fingerprint density at radius 2 is 1.58 bits per heavy atom. The molecule has 0 unspecified atom stereocenters. The van der Waals surface area contributed by atoms with Gasteiger partial charge in [-0.2, -0.15) is 0 Å². The molecule has 5 rings (SSSR count). The smallest absolute Gasteiger partial charge is 0.388 e. The van der Waals surface area contributed by atoms with E-state index >= 15 is 0 Å². The Hall–Kier alpha value is -0.190. The summed E-state index contributed by atoms with van der Waals surface area (Å²) in [5, 5.41) is 18.8. The molecule has 11 nitrogen and oxygen atoms in total. The second-order valence-electron chi connectivity index (χ2n) is 3.81. The molecule has 1 spiro atoms. The predicted octanol–water partition coefficient (Wildman–Crippen LogP) is -0.755. The summed E-state index contributed by atoms with van der Waals surface area (Å²) in [6.45, 7) is -1.53. The van der Waals surface area contributed by atoms with Crippen molar-refractivity contribution < 1.29 is 51.3 Å². The molecule has 0 aromatic carbocycles. The van der Waals surface area contributed by atoms with Gasteiger partial charge in [0.25, 0.3) is 0 Å². The van der Waals surface area contributed by atoms with Crippen molar-refractivity contribution in [3.63, 3.8) is 0 Å². The van der Waals surface area contributed by atoms with Crippen molar-refractivity contribution in [1.29, 1.82) is 0 Å². The highest BCUT2D eigenvalue weighted by Gasteiger charge is 2.74. The number of ketones is 1. The first-order valence-corrected chi connectivity index (χ1v) is 7.88. The summed E-state index contributed by atoms with van der Waals surface area (Å²) >= 11 is 0. The van der Waals surface area contributed by atoms with Crippen LogP contribution < -0.4 is 0 Å². The van der Waals surface area contributed by atoms with Gasteiger partial charge < -0.3 is 10.2 Å². The molecule has 2 atom stereocenters. The third-order valence-corrected chi connectivity index (χ3v) is 5.06. The Morgan fingerprint density at radius 1 is 1.05 bits per heavy atom. The average Bonchev–Trinajstić information content (AvgIpc) is 2.27. The Labute approximate surface area is 105 Å². The fourth-order valence-corrected chi connectivity index (χ4v) is 3.92. The van der Waals surface area contributed by atoms with E-state index in [1.165, 1.54) is 0 Å². The van der Waals surface area contributed by atoms with E-state index in [1.54, 1.807) is 0 Å². The van der Waals surface area contributed by atoms with Crippen LogP contribution in [0, 0.1) is 0 Å². The molecule has 3 bridgehead atoms. The van der Waals surface area contributed by atoms with Gasteiger partial charge in [-0.25, -0.2) is 27.2 Å². The molecule has 5 fully saturated rings. The molecule has 108 valence electrons. The van der Waals surface area contributed by atoms with Gasteiger partial charge in [-0.05, 0) is 0 Å². The summed E-state index contributed by atoms with van der Waals surface area (Å²) in [5.41, 5.74) is 0. The first kappa shape index (κ1) is 13.8. The molecule has 5 saturated heterocycles.